The fourth-order valence-corrected chi connectivity index (χ4v) is 2.00. The lowest BCUT2D eigenvalue weighted by Gasteiger charge is -2.02. The van der Waals surface area contributed by atoms with E-state index >= 15 is 0 Å². The van der Waals surface area contributed by atoms with Crippen molar-refractivity contribution >= 4 is 17.7 Å². The first-order valence-electron chi connectivity index (χ1n) is 6.94. The second kappa shape index (κ2) is 6.24. The molecule has 0 unspecified atom stereocenters. The van der Waals surface area contributed by atoms with E-state index in [0.29, 0.717) is 5.76 Å². The van der Waals surface area contributed by atoms with Gasteiger partial charge in [-0.2, -0.15) is 5.10 Å². The van der Waals surface area contributed by atoms with Crippen molar-refractivity contribution in [2.75, 3.05) is 5.32 Å². The van der Waals surface area contributed by atoms with Crippen LogP contribution in [0.5, 0.6) is 0 Å². The molecule has 0 aliphatic carbocycles. The monoisotopic (exact) mass is 326 g/mol. The number of nitrogens with one attached hydrogen (secondary N) is 2. The van der Waals surface area contributed by atoms with E-state index < -0.39 is 5.43 Å². The molecule has 0 saturated heterocycles. The van der Waals surface area contributed by atoms with Crippen LogP contribution in [0.25, 0.3) is 11.3 Å². The highest BCUT2D eigenvalue weighted by Crippen LogP contribution is 2.23. The van der Waals surface area contributed by atoms with Crippen LogP contribution in [0, 0.1) is 6.92 Å². The number of amidine groups is 1. The summed E-state index contributed by atoms with van der Waals surface area (Å²) in [6.45, 7) is 2.00. The van der Waals surface area contributed by atoms with Gasteiger partial charge in [-0.05, 0) is 6.92 Å². The van der Waals surface area contributed by atoms with E-state index in [9.17, 15) is 4.79 Å². The minimum atomic E-state index is -0.517. The van der Waals surface area contributed by atoms with Crippen LogP contribution < -0.4 is 16.5 Å². The summed E-state index contributed by atoms with van der Waals surface area (Å²) in [5.74, 6) is 0.466. The summed E-state index contributed by atoms with van der Waals surface area (Å²) in [5, 5.41) is 20.4. The van der Waals surface area contributed by atoms with Gasteiger partial charge in [-0.1, -0.05) is 35.0 Å². The molecule has 2 aromatic heterocycles. The van der Waals surface area contributed by atoms with Crippen molar-refractivity contribution in [3.8, 4) is 11.3 Å². The second-order valence-electron chi connectivity index (χ2n) is 5.00. The van der Waals surface area contributed by atoms with Crippen molar-refractivity contribution in [1.82, 2.24) is 15.2 Å². The number of aromatic nitrogens is 3. The second-order valence-corrected chi connectivity index (χ2v) is 5.00. The Kier molecular flexibility index (Phi) is 3.98. The van der Waals surface area contributed by atoms with Gasteiger partial charge in [0.25, 0.3) is 0 Å². The predicted octanol–water partition coefficient (Wildman–Crippen LogP) is 1.57. The Balaban J connectivity index is 1.81. The summed E-state index contributed by atoms with van der Waals surface area (Å²) in [7, 11) is 0. The van der Waals surface area contributed by atoms with Crippen LogP contribution in [0.2, 0.25) is 0 Å². The quantitative estimate of drug-likeness (QED) is 0.247. The normalized spacial score (nSPS) is 11.5. The third kappa shape index (κ3) is 3.09. The number of hydrogen-bond donors (Lipinski definition) is 4. The maximum absolute atomic E-state index is 11.8. The smallest absolute Gasteiger partial charge is 0.300 e. The summed E-state index contributed by atoms with van der Waals surface area (Å²) in [6.07, 6.45) is 1.57. The van der Waals surface area contributed by atoms with Crippen molar-refractivity contribution in [3.05, 3.63) is 58.0 Å². The van der Waals surface area contributed by atoms with Gasteiger partial charge < -0.3 is 15.4 Å². The van der Waals surface area contributed by atoms with E-state index in [-0.39, 0.29) is 23.4 Å². The molecule has 0 radical (unpaired) electrons. The number of anilines is 2. The molecule has 1 aromatic carbocycles. The molecule has 9 nitrogen and oxygen atoms in total. The SMILES string of the molecule is Cc1ccc(-c2cnc(Nc3cc(=O)c(/C(N)=N/O)n[nH]3)o2)cc1. The van der Waals surface area contributed by atoms with Gasteiger partial charge in [0.1, 0.15) is 5.82 Å². The molecule has 24 heavy (non-hydrogen) atoms. The van der Waals surface area contributed by atoms with E-state index in [1.165, 1.54) is 6.07 Å². The zero-order valence-electron chi connectivity index (χ0n) is 12.6. The molecule has 5 N–H and O–H groups in total. The lowest BCUT2D eigenvalue weighted by atomic mass is 10.1. The minimum absolute atomic E-state index is 0.184. The molecule has 0 amide bonds. The Morgan fingerprint density at radius 1 is 1.38 bits per heavy atom. The number of oxime groups is 1. The zero-order chi connectivity index (χ0) is 17.1. The zero-order valence-corrected chi connectivity index (χ0v) is 12.6. The fourth-order valence-electron chi connectivity index (χ4n) is 2.00. The fraction of sp³-hybridized carbons (Fsp3) is 0.0667. The Bertz CT molecular complexity index is 942. The Morgan fingerprint density at radius 3 is 2.79 bits per heavy atom. The molecule has 9 heteroatoms. The molecule has 0 bridgehead atoms. The summed E-state index contributed by atoms with van der Waals surface area (Å²) < 4.78 is 5.59. The number of aryl methyl sites for hydroxylation is 1. The number of nitrogens with zero attached hydrogens (tertiary/aromatic N) is 3. The average Bonchev–Trinajstić information content (AvgIpc) is 3.03. The van der Waals surface area contributed by atoms with Gasteiger partial charge in [0.15, 0.2) is 17.3 Å². The van der Waals surface area contributed by atoms with E-state index in [2.05, 4.69) is 25.7 Å². The molecule has 0 saturated carbocycles. The first-order chi connectivity index (χ1) is 11.6. The van der Waals surface area contributed by atoms with Gasteiger partial charge in [0.05, 0.1) is 6.20 Å². The summed E-state index contributed by atoms with van der Waals surface area (Å²) >= 11 is 0. The van der Waals surface area contributed by atoms with Crippen molar-refractivity contribution in [1.29, 1.82) is 0 Å². The Morgan fingerprint density at radius 2 is 2.12 bits per heavy atom. The molecular formula is C15H14N6O3. The van der Waals surface area contributed by atoms with Crippen LogP contribution >= 0.6 is 0 Å². The molecule has 122 valence electrons. The average molecular weight is 326 g/mol. The minimum Gasteiger partial charge on any atom is -0.423 e. The van der Waals surface area contributed by atoms with Crippen LogP contribution in [0.3, 0.4) is 0 Å². The van der Waals surface area contributed by atoms with Gasteiger partial charge in [-0.3, -0.25) is 15.2 Å². The number of aromatic amines is 1. The molecule has 0 atom stereocenters. The van der Waals surface area contributed by atoms with Gasteiger partial charge in [-0.15, -0.1) is 0 Å². The highest BCUT2D eigenvalue weighted by atomic mass is 16.4. The maximum Gasteiger partial charge on any atom is 0.300 e. The van der Waals surface area contributed by atoms with E-state index in [1.54, 1.807) is 6.20 Å². The highest BCUT2D eigenvalue weighted by molar-refractivity contribution is 5.95. The summed E-state index contributed by atoms with van der Waals surface area (Å²) in [5.41, 5.74) is 6.67. The first-order valence-corrected chi connectivity index (χ1v) is 6.94. The van der Waals surface area contributed by atoms with Gasteiger partial charge in [0, 0.05) is 11.6 Å². The van der Waals surface area contributed by atoms with Gasteiger partial charge in [-0.25, -0.2) is 4.98 Å². The molecule has 0 aliphatic rings. The lowest BCUT2D eigenvalue weighted by molar-refractivity contribution is 0.318. The largest absolute Gasteiger partial charge is 0.423 e. The molecular weight excluding hydrogens is 312 g/mol. The number of rotatable bonds is 4. The molecule has 0 spiro atoms. The number of nitrogens with two attached hydrogens (primary N) is 1. The summed E-state index contributed by atoms with van der Waals surface area (Å²) in [4.78, 5) is 15.9. The summed E-state index contributed by atoms with van der Waals surface area (Å²) in [6, 6.07) is 9.19. The van der Waals surface area contributed by atoms with E-state index in [4.69, 9.17) is 15.4 Å². The van der Waals surface area contributed by atoms with E-state index in [1.807, 2.05) is 31.2 Å². The van der Waals surface area contributed by atoms with Crippen molar-refractivity contribution in [2.45, 2.75) is 6.92 Å². The van der Waals surface area contributed by atoms with Crippen LogP contribution in [-0.2, 0) is 0 Å². The van der Waals surface area contributed by atoms with Crippen LogP contribution in [0.1, 0.15) is 11.3 Å². The number of hydrogen-bond acceptors (Lipinski definition) is 7. The highest BCUT2D eigenvalue weighted by Gasteiger charge is 2.10. The molecule has 0 fully saturated rings. The van der Waals surface area contributed by atoms with Crippen LogP contribution in [0.4, 0.5) is 11.8 Å². The Labute approximate surface area is 135 Å². The topological polar surface area (TPSA) is 142 Å². The molecule has 3 rings (SSSR count). The maximum atomic E-state index is 11.8. The first kappa shape index (κ1) is 15.3. The third-order valence-corrected chi connectivity index (χ3v) is 3.23. The van der Waals surface area contributed by atoms with Crippen LogP contribution in [0.15, 0.2) is 50.9 Å². The standard InChI is InChI=1S/C15H14N6O3/c1-8-2-4-9(5-3-8)11-7-17-15(24-11)18-12-6-10(22)13(20-19-12)14(16)21-23/h2-7,23H,1H3,(H2,16,21)(H2,17,18,19,22). The molecule has 2 heterocycles. The Hall–Kier alpha value is -3.62. The van der Waals surface area contributed by atoms with E-state index in [0.717, 1.165) is 11.1 Å². The number of oxazole rings is 1. The van der Waals surface area contributed by atoms with Crippen LogP contribution in [-0.4, -0.2) is 26.2 Å². The molecule has 0 aliphatic heterocycles. The van der Waals surface area contributed by atoms with Gasteiger partial charge >= 0.3 is 6.01 Å². The third-order valence-electron chi connectivity index (χ3n) is 3.23. The molecule has 3 aromatic rings. The number of H-pyrrole nitrogens is 1. The van der Waals surface area contributed by atoms with Gasteiger partial charge in [0.2, 0.25) is 5.43 Å². The predicted molar refractivity (Wildman–Crippen MR) is 87.3 cm³/mol. The van der Waals surface area contributed by atoms with Crippen molar-refractivity contribution < 1.29 is 9.62 Å². The number of benzene rings is 1. The van der Waals surface area contributed by atoms with Crippen molar-refractivity contribution in [2.24, 2.45) is 10.9 Å². The van der Waals surface area contributed by atoms with Crippen molar-refractivity contribution in [3.63, 3.8) is 0 Å². The lowest BCUT2D eigenvalue weighted by Crippen LogP contribution is -2.25.